The fourth-order valence-electron chi connectivity index (χ4n) is 2.87. The molecule has 1 amide bonds. The monoisotopic (exact) mass is 423 g/mol. The van der Waals surface area contributed by atoms with Crippen molar-refractivity contribution in [2.45, 2.75) is 33.1 Å². The number of fused-ring (bicyclic) bond motifs is 1. The van der Waals surface area contributed by atoms with Gasteiger partial charge in [0.25, 0.3) is 5.91 Å². The van der Waals surface area contributed by atoms with Crippen molar-refractivity contribution < 1.29 is 23.5 Å². The normalized spacial score (nSPS) is 10.6. The van der Waals surface area contributed by atoms with E-state index in [1.54, 1.807) is 42.5 Å². The molecule has 0 atom stereocenters. The maximum atomic E-state index is 12.7. The van der Waals surface area contributed by atoms with Crippen LogP contribution in [0.2, 0.25) is 0 Å². The quantitative estimate of drug-likeness (QED) is 0.393. The van der Waals surface area contributed by atoms with Crippen molar-refractivity contribution in [1.82, 2.24) is 0 Å². The minimum atomic E-state index is -0.722. The molecule has 0 radical (unpaired) electrons. The first kappa shape index (κ1) is 22.1. The number of rotatable bonds is 9. The average Bonchev–Trinajstić information content (AvgIpc) is 2.78. The summed E-state index contributed by atoms with van der Waals surface area (Å²) in [7, 11) is 0. The Bertz CT molecular complexity index is 1120. The number of nitrogens with one attached hydrogen (secondary N) is 1. The van der Waals surface area contributed by atoms with E-state index >= 15 is 0 Å². The number of hydrogen-bond donors (Lipinski definition) is 1. The molecule has 0 spiro atoms. The van der Waals surface area contributed by atoms with Gasteiger partial charge in [-0.1, -0.05) is 26.3 Å². The molecular weight excluding hydrogens is 398 g/mol. The van der Waals surface area contributed by atoms with Gasteiger partial charge < -0.3 is 19.2 Å². The van der Waals surface area contributed by atoms with Crippen LogP contribution in [0.15, 0.2) is 57.7 Å². The first-order valence-electron chi connectivity index (χ1n) is 10.3. The number of amides is 1. The van der Waals surface area contributed by atoms with Crippen molar-refractivity contribution in [2.75, 3.05) is 18.5 Å². The number of esters is 1. The molecule has 1 N–H and O–H groups in total. The molecule has 0 bridgehead atoms. The fourth-order valence-corrected chi connectivity index (χ4v) is 2.87. The van der Waals surface area contributed by atoms with E-state index in [9.17, 15) is 14.4 Å². The van der Waals surface area contributed by atoms with Crippen LogP contribution in [0.25, 0.3) is 11.0 Å². The first-order valence-corrected chi connectivity index (χ1v) is 10.3. The van der Waals surface area contributed by atoms with Gasteiger partial charge in [0.1, 0.15) is 5.75 Å². The van der Waals surface area contributed by atoms with E-state index in [0.29, 0.717) is 24.3 Å². The molecular formula is C24H25NO6. The van der Waals surface area contributed by atoms with Gasteiger partial charge in [0.2, 0.25) is 5.76 Å². The van der Waals surface area contributed by atoms with Gasteiger partial charge in [-0.05, 0) is 49.2 Å². The number of carbonyl (C=O) groups excluding carboxylic acids is 2. The predicted octanol–water partition coefficient (Wildman–Crippen LogP) is 4.79. The van der Waals surface area contributed by atoms with Crippen molar-refractivity contribution >= 4 is 28.5 Å². The fraction of sp³-hybridized carbons (Fsp3) is 0.292. The van der Waals surface area contributed by atoms with Crippen molar-refractivity contribution in [1.29, 1.82) is 0 Å². The molecule has 0 fully saturated rings. The van der Waals surface area contributed by atoms with Gasteiger partial charge >= 0.3 is 5.97 Å². The molecule has 0 aliphatic rings. The lowest BCUT2D eigenvalue weighted by atomic mass is 10.1. The molecule has 7 heteroatoms. The third kappa shape index (κ3) is 5.51. The molecule has 3 aromatic rings. The second-order valence-electron chi connectivity index (χ2n) is 6.97. The molecule has 0 aliphatic heterocycles. The summed E-state index contributed by atoms with van der Waals surface area (Å²) in [6, 6.07) is 12.7. The van der Waals surface area contributed by atoms with E-state index in [1.807, 2.05) is 6.92 Å². The van der Waals surface area contributed by atoms with Crippen molar-refractivity contribution in [3.8, 4) is 5.75 Å². The van der Waals surface area contributed by atoms with E-state index < -0.39 is 11.4 Å². The van der Waals surface area contributed by atoms with Crippen molar-refractivity contribution in [2.24, 2.45) is 0 Å². The first-order chi connectivity index (χ1) is 15.0. The predicted molar refractivity (Wildman–Crippen MR) is 118 cm³/mol. The molecule has 0 aliphatic carbocycles. The van der Waals surface area contributed by atoms with Crippen LogP contribution in [0, 0.1) is 0 Å². The summed E-state index contributed by atoms with van der Waals surface area (Å²) in [5, 5.41) is 3.00. The lowest BCUT2D eigenvalue weighted by molar-refractivity contribution is 0.0469. The Balaban J connectivity index is 1.83. The van der Waals surface area contributed by atoms with Crippen LogP contribution in [0.4, 0.5) is 5.69 Å². The number of para-hydroxylation sites is 1. The van der Waals surface area contributed by atoms with Crippen LogP contribution in [0.1, 0.15) is 54.0 Å². The SMILES string of the molecule is CCCCOc1ccc(C(=O)Nc2cccc3c(=O)cc(C(=O)OCCC)oc23)cc1. The molecule has 0 unspecified atom stereocenters. The van der Waals surface area contributed by atoms with Crippen LogP contribution in [0.5, 0.6) is 5.75 Å². The Morgan fingerprint density at radius 3 is 2.48 bits per heavy atom. The molecule has 0 saturated heterocycles. The standard InChI is InChI=1S/C24H25NO6/c1-3-5-14-29-17-11-9-16(10-12-17)23(27)25-19-8-6-7-18-20(26)15-21(31-22(18)19)24(28)30-13-4-2/h6-12,15H,3-5,13-14H2,1-2H3,(H,25,27). The number of hydrogen-bond acceptors (Lipinski definition) is 6. The highest BCUT2D eigenvalue weighted by Gasteiger charge is 2.17. The zero-order valence-electron chi connectivity index (χ0n) is 17.6. The second-order valence-corrected chi connectivity index (χ2v) is 6.97. The maximum Gasteiger partial charge on any atom is 0.374 e. The summed E-state index contributed by atoms with van der Waals surface area (Å²) in [6.07, 6.45) is 2.65. The Labute approximate surface area is 180 Å². The van der Waals surface area contributed by atoms with Gasteiger partial charge in [-0.3, -0.25) is 9.59 Å². The van der Waals surface area contributed by atoms with Crippen LogP contribution in [0.3, 0.4) is 0 Å². The molecule has 1 heterocycles. The van der Waals surface area contributed by atoms with Crippen LogP contribution >= 0.6 is 0 Å². The summed E-state index contributed by atoms with van der Waals surface area (Å²) in [6.45, 7) is 4.79. The highest BCUT2D eigenvalue weighted by molar-refractivity contribution is 6.08. The number of unbranched alkanes of at least 4 members (excludes halogenated alkanes) is 1. The smallest absolute Gasteiger partial charge is 0.374 e. The average molecular weight is 423 g/mol. The van der Waals surface area contributed by atoms with Gasteiger partial charge in [-0.15, -0.1) is 0 Å². The minimum absolute atomic E-state index is 0.117. The Hall–Kier alpha value is -3.61. The van der Waals surface area contributed by atoms with E-state index in [-0.39, 0.29) is 34.9 Å². The summed E-state index contributed by atoms with van der Waals surface area (Å²) in [5.41, 5.74) is 0.425. The zero-order valence-corrected chi connectivity index (χ0v) is 17.6. The number of ether oxygens (including phenoxy) is 2. The summed E-state index contributed by atoms with van der Waals surface area (Å²) < 4.78 is 16.3. The maximum absolute atomic E-state index is 12.7. The van der Waals surface area contributed by atoms with Gasteiger partial charge in [0, 0.05) is 11.6 Å². The van der Waals surface area contributed by atoms with E-state index in [4.69, 9.17) is 13.9 Å². The molecule has 162 valence electrons. The summed E-state index contributed by atoms with van der Waals surface area (Å²) in [5.74, 6) is -0.618. The van der Waals surface area contributed by atoms with Gasteiger partial charge in [0.15, 0.2) is 11.0 Å². The van der Waals surface area contributed by atoms with Crippen LogP contribution in [-0.4, -0.2) is 25.1 Å². The Kier molecular flexibility index (Phi) is 7.43. The van der Waals surface area contributed by atoms with Crippen molar-refractivity contribution in [3.05, 3.63) is 70.1 Å². The molecule has 7 nitrogen and oxygen atoms in total. The van der Waals surface area contributed by atoms with Gasteiger partial charge in [0.05, 0.1) is 24.3 Å². The van der Waals surface area contributed by atoms with Gasteiger partial charge in [-0.2, -0.15) is 0 Å². The molecule has 3 rings (SSSR count). The highest BCUT2D eigenvalue weighted by atomic mass is 16.5. The van der Waals surface area contributed by atoms with Crippen molar-refractivity contribution in [3.63, 3.8) is 0 Å². The lowest BCUT2D eigenvalue weighted by Gasteiger charge is -2.10. The number of benzene rings is 2. The minimum Gasteiger partial charge on any atom is -0.494 e. The van der Waals surface area contributed by atoms with E-state index in [2.05, 4.69) is 12.2 Å². The molecule has 0 saturated carbocycles. The van der Waals surface area contributed by atoms with E-state index in [1.165, 1.54) is 0 Å². The number of carbonyl (C=O) groups is 2. The largest absolute Gasteiger partial charge is 0.494 e. The van der Waals surface area contributed by atoms with E-state index in [0.717, 1.165) is 18.9 Å². The van der Waals surface area contributed by atoms with Crippen LogP contribution in [-0.2, 0) is 4.74 Å². The second kappa shape index (κ2) is 10.4. The summed E-state index contributed by atoms with van der Waals surface area (Å²) >= 11 is 0. The van der Waals surface area contributed by atoms with Crippen LogP contribution < -0.4 is 15.5 Å². The molecule has 31 heavy (non-hydrogen) atoms. The third-order valence-corrected chi connectivity index (χ3v) is 4.52. The third-order valence-electron chi connectivity index (χ3n) is 4.52. The topological polar surface area (TPSA) is 94.8 Å². The Morgan fingerprint density at radius 1 is 1.00 bits per heavy atom. The lowest BCUT2D eigenvalue weighted by Crippen LogP contribution is -2.14. The summed E-state index contributed by atoms with van der Waals surface area (Å²) in [4.78, 5) is 37.3. The highest BCUT2D eigenvalue weighted by Crippen LogP contribution is 2.24. The molecule has 1 aromatic heterocycles. The Morgan fingerprint density at radius 2 is 1.77 bits per heavy atom. The molecule has 2 aromatic carbocycles. The van der Waals surface area contributed by atoms with Gasteiger partial charge in [-0.25, -0.2) is 4.79 Å². The zero-order chi connectivity index (χ0) is 22.2. The number of anilines is 1.